The standard InChI is InChI=1S/C21H17F3N4O4S/c22-14-10-16(24)20(11-15(14)23)33(29,30)28-7-5-27(6-8-28)21-25-4-3-17(26-21)13-1-2-18-19(9-13)32-12-31-18/h1-4,9-11H,5-8,12H2. The Morgan fingerprint density at radius 1 is 0.848 bits per heavy atom. The summed E-state index contributed by atoms with van der Waals surface area (Å²) in [6.45, 7) is 0.621. The molecule has 2 aromatic carbocycles. The van der Waals surface area contributed by atoms with E-state index in [1.165, 1.54) is 0 Å². The minimum absolute atomic E-state index is 0.00161. The van der Waals surface area contributed by atoms with Crippen LogP contribution in [0, 0.1) is 17.5 Å². The monoisotopic (exact) mass is 478 g/mol. The topological polar surface area (TPSA) is 84.9 Å². The highest BCUT2D eigenvalue weighted by atomic mass is 32.2. The predicted octanol–water partition coefficient (Wildman–Crippen LogP) is 2.80. The Balaban J connectivity index is 1.33. The molecule has 0 bridgehead atoms. The van der Waals surface area contributed by atoms with E-state index < -0.39 is 32.4 Å². The molecular weight excluding hydrogens is 461 g/mol. The maximum Gasteiger partial charge on any atom is 0.246 e. The minimum atomic E-state index is -4.34. The van der Waals surface area contributed by atoms with E-state index in [1.54, 1.807) is 23.2 Å². The summed E-state index contributed by atoms with van der Waals surface area (Å²) < 4.78 is 78.1. The van der Waals surface area contributed by atoms with Crippen LogP contribution in [-0.4, -0.2) is 55.7 Å². The molecule has 1 fully saturated rings. The van der Waals surface area contributed by atoms with Gasteiger partial charge in [0.25, 0.3) is 0 Å². The molecule has 0 atom stereocenters. The van der Waals surface area contributed by atoms with Gasteiger partial charge in [0.05, 0.1) is 5.69 Å². The van der Waals surface area contributed by atoms with E-state index in [2.05, 4.69) is 9.97 Å². The Hall–Kier alpha value is -3.38. The maximum absolute atomic E-state index is 14.1. The van der Waals surface area contributed by atoms with Crippen LogP contribution < -0.4 is 14.4 Å². The number of hydrogen-bond donors (Lipinski definition) is 0. The van der Waals surface area contributed by atoms with Gasteiger partial charge >= 0.3 is 0 Å². The number of rotatable bonds is 4. The van der Waals surface area contributed by atoms with Crippen molar-refractivity contribution in [2.24, 2.45) is 0 Å². The first-order valence-corrected chi connectivity index (χ1v) is 11.4. The second-order valence-corrected chi connectivity index (χ2v) is 9.30. The number of sulfonamides is 1. The molecule has 1 saturated heterocycles. The van der Waals surface area contributed by atoms with Crippen LogP contribution >= 0.6 is 0 Å². The lowest BCUT2D eigenvalue weighted by atomic mass is 10.1. The van der Waals surface area contributed by atoms with Crippen molar-refractivity contribution in [3.05, 3.63) is 60.0 Å². The van der Waals surface area contributed by atoms with Gasteiger partial charge in [0.1, 0.15) is 10.7 Å². The molecule has 12 heteroatoms. The van der Waals surface area contributed by atoms with Crippen molar-refractivity contribution in [1.29, 1.82) is 0 Å². The predicted molar refractivity (Wildman–Crippen MR) is 111 cm³/mol. The highest BCUT2D eigenvalue weighted by Gasteiger charge is 2.32. The molecule has 3 aromatic rings. The van der Waals surface area contributed by atoms with Gasteiger partial charge < -0.3 is 14.4 Å². The van der Waals surface area contributed by atoms with Gasteiger partial charge in [-0.15, -0.1) is 0 Å². The van der Waals surface area contributed by atoms with Gasteiger partial charge in [0.2, 0.25) is 22.8 Å². The highest BCUT2D eigenvalue weighted by molar-refractivity contribution is 7.89. The quantitative estimate of drug-likeness (QED) is 0.533. The molecule has 0 unspecified atom stereocenters. The molecule has 0 spiro atoms. The Morgan fingerprint density at radius 2 is 1.58 bits per heavy atom. The number of halogens is 3. The summed E-state index contributed by atoms with van der Waals surface area (Å²) >= 11 is 0. The van der Waals surface area contributed by atoms with Crippen molar-refractivity contribution < 1.29 is 31.1 Å². The van der Waals surface area contributed by atoms with E-state index in [1.807, 2.05) is 12.1 Å². The first kappa shape index (κ1) is 21.5. The van der Waals surface area contributed by atoms with Gasteiger partial charge in [0, 0.05) is 44.0 Å². The molecule has 8 nitrogen and oxygen atoms in total. The average molecular weight is 478 g/mol. The second-order valence-electron chi connectivity index (χ2n) is 7.40. The SMILES string of the molecule is O=S(=O)(c1cc(F)c(F)cc1F)N1CCN(c2nccc(-c3ccc4c(c3)OCO4)n2)CC1. The lowest BCUT2D eigenvalue weighted by molar-refractivity contribution is 0.174. The number of aromatic nitrogens is 2. The molecule has 0 aliphatic carbocycles. The number of piperazine rings is 1. The van der Waals surface area contributed by atoms with Crippen molar-refractivity contribution in [3.8, 4) is 22.8 Å². The van der Waals surface area contributed by atoms with Gasteiger partial charge in [0.15, 0.2) is 23.1 Å². The summed E-state index contributed by atoms with van der Waals surface area (Å²) in [6, 6.07) is 7.79. The smallest absolute Gasteiger partial charge is 0.246 e. The number of hydrogen-bond acceptors (Lipinski definition) is 7. The molecule has 0 amide bonds. The van der Waals surface area contributed by atoms with Crippen molar-refractivity contribution in [3.63, 3.8) is 0 Å². The van der Waals surface area contributed by atoms with E-state index in [0.717, 1.165) is 9.87 Å². The molecule has 172 valence electrons. The number of benzene rings is 2. The third kappa shape index (κ3) is 3.95. The van der Waals surface area contributed by atoms with Gasteiger partial charge in [-0.25, -0.2) is 31.6 Å². The molecule has 0 radical (unpaired) electrons. The Kier molecular flexibility index (Phi) is 5.33. The highest BCUT2D eigenvalue weighted by Crippen LogP contribution is 2.35. The zero-order chi connectivity index (χ0) is 23.2. The molecule has 2 aliphatic rings. The van der Waals surface area contributed by atoms with Gasteiger partial charge in [-0.3, -0.25) is 0 Å². The Labute approximate surface area is 187 Å². The van der Waals surface area contributed by atoms with Crippen LogP contribution in [0.25, 0.3) is 11.3 Å². The summed E-state index contributed by atoms with van der Waals surface area (Å²) in [6.07, 6.45) is 1.60. The zero-order valence-electron chi connectivity index (χ0n) is 17.0. The maximum atomic E-state index is 14.1. The van der Waals surface area contributed by atoms with E-state index in [0.29, 0.717) is 29.2 Å². The van der Waals surface area contributed by atoms with Crippen LogP contribution in [0.2, 0.25) is 0 Å². The number of nitrogens with zero attached hydrogens (tertiary/aromatic N) is 4. The fourth-order valence-corrected chi connectivity index (χ4v) is 5.17. The summed E-state index contributed by atoms with van der Waals surface area (Å²) in [4.78, 5) is 9.76. The van der Waals surface area contributed by atoms with Crippen LogP contribution in [0.1, 0.15) is 0 Å². The summed E-state index contributed by atoms with van der Waals surface area (Å²) in [7, 11) is -4.34. The molecule has 0 saturated carbocycles. The van der Waals surface area contributed by atoms with Crippen LogP contribution in [0.4, 0.5) is 19.1 Å². The largest absolute Gasteiger partial charge is 0.454 e. The van der Waals surface area contributed by atoms with Crippen LogP contribution in [-0.2, 0) is 10.0 Å². The van der Waals surface area contributed by atoms with Crippen LogP contribution in [0.5, 0.6) is 11.5 Å². The second kappa shape index (κ2) is 8.19. The summed E-state index contributed by atoms with van der Waals surface area (Å²) in [5.41, 5.74) is 1.45. The third-order valence-electron chi connectivity index (χ3n) is 5.43. The van der Waals surface area contributed by atoms with E-state index in [-0.39, 0.29) is 39.0 Å². The van der Waals surface area contributed by atoms with Crippen LogP contribution in [0.15, 0.2) is 47.5 Å². The van der Waals surface area contributed by atoms with E-state index >= 15 is 0 Å². The lowest BCUT2D eigenvalue weighted by Crippen LogP contribution is -2.49. The summed E-state index contributed by atoms with van der Waals surface area (Å²) in [5, 5.41) is 0. The fraction of sp³-hybridized carbons (Fsp3) is 0.238. The number of anilines is 1. The molecule has 0 N–H and O–H groups in total. The Bertz CT molecular complexity index is 1330. The normalized spacial score (nSPS) is 16.3. The third-order valence-corrected chi connectivity index (χ3v) is 7.34. The van der Waals surface area contributed by atoms with Crippen molar-refractivity contribution in [2.45, 2.75) is 4.90 Å². The van der Waals surface area contributed by atoms with Gasteiger partial charge in [-0.1, -0.05) is 0 Å². The zero-order valence-corrected chi connectivity index (χ0v) is 17.9. The molecule has 5 rings (SSSR count). The number of ether oxygens (including phenoxy) is 2. The molecule has 3 heterocycles. The minimum Gasteiger partial charge on any atom is -0.454 e. The fourth-order valence-electron chi connectivity index (χ4n) is 3.69. The average Bonchev–Trinajstić information content (AvgIpc) is 3.29. The number of fused-ring (bicyclic) bond motifs is 1. The van der Waals surface area contributed by atoms with Crippen molar-refractivity contribution >= 4 is 16.0 Å². The van der Waals surface area contributed by atoms with Gasteiger partial charge in [-0.05, 0) is 30.3 Å². The first-order valence-electron chi connectivity index (χ1n) is 9.95. The Morgan fingerprint density at radius 3 is 2.36 bits per heavy atom. The van der Waals surface area contributed by atoms with E-state index in [4.69, 9.17) is 9.47 Å². The summed E-state index contributed by atoms with van der Waals surface area (Å²) in [5.74, 6) is -2.53. The van der Waals surface area contributed by atoms with Gasteiger partial charge in [-0.2, -0.15) is 4.31 Å². The van der Waals surface area contributed by atoms with E-state index in [9.17, 15) is 21.6 Å². The lowest BCUT2D eigenvalue weighted by Gasteiger charge is -2.34. The molecule has 1 aromatic heterocycles. The van der Waals surface area contributed by atoms with Crippen molar-refractivity contribution in [1.82, 2.24) is 14.3 Å². The van der Waals surface area contributed by atoms with Crippen LogP contribution in [0.3, 0.4) is 0 Å². The molecule has 2 aliphatic heterocycles. The van der Waals surface area contributed by atoms with Crippen molar-refractivity contribution in [2.75, 3.05) is 37.9 Å². The first-order chi connectivity index (χ1) is 15.8. The molecular formula is C21H17F3N4O4S. The molecule has 33 heavy (non-hydrogen) atoms.